The van der Waals surface area contributed by atoms with E-state index in [0.717, 1.165) is 30.5 Å². The van der Waals surface area contributed by atoms with E-state index in [0.29, 0.717) is 11.3 Å². The summed E-state index contributed by atoms with van der Waals surface area (Å²) in [6.07, 6.45) is 3.12. The largest absolute Gasteiger partial charge is 0.338 e. The maximum absolute atomic E-state index is 12.4. The van der Waals surface area contributed by atoms with Crippen molar-refractivity contribution in [1.82, 2.24) is 14.7 Å². The van der Waals surface area contributed by atoms with Crippen LogP contribution in [0.15, 0.2) is 4.79 Å². The van der Waals surface area contributed by atoms with Crippen molar-refractivity contribution in [3.63, 3.8) is 0 Å². The van der Waals surface area contributed by atoms with Gasteiger partial charge in [-0.25, -0.2) is 4.68 Å². The van der Waals surface area contributed by atoms with Crippen molar-refractivity contribution in [3.8, 4) is 6.07 Å². The number of aromatic nitrogens is 2. The molecule has 0 radical (unpaired) electrons. The summed E-state index contributed by atoms with van der Waals surface area (Å²) in [6.45, 7) is 6.08. The molecule has 1 amide bonds. The molecular formula is C15H20N4O2. The molecule has 0 bridgehead atoms. The highest BCUT2D eigenvalue weighted by atomic mass is 16.2. The lowest BCUT2D eigenvalue weighted by Crippen LogP contribution is -2.45. The smallest absolute Gasteiger partial charge is 0.285 e. The number of aryl methyl sites for hydroxylation is 1. The number of hydrogen-bond donors (Lipinski definition) is 0. The lowest BCUT2D eigenvalue weighted by Gasteiger charge is -2.33. The maximum Gasteiger partial charge on any atom is 0.285 e. The van der Waals surface area contributed by atoms with Crippen molar-refractivity contribution in [2.75, 3.05) is 6.54 Å². The summed E-state index contributed by atoms with van der Waals surface area (Å²) in [7, 11) is 0. The average Bonchev–Trinajstić information content (AvgIpc) is 2.45. The Morgan fingerprint density at radius 2 is 2.14 bits per heavy atom. The number of nitriles is 1. The maximum atomic E-state index is 12.4. The van der Waals surface area contributed by atoms with Gasteiger partial charge >= 0.3 is 0 Å². The van der Waals surface area contributed by atoms with Crippen LogP contribution in [0.5, 0.6) is 0 Å². The van der Waals surface area contributed by atoms with E-state index in [1.807, 2.05) is 13.0 Å². The Hall–Kier alpha value is -2.16. The van der Waals surface area contributed by atoms with Gasteiger partial charge in [0, 0.05) is 12.6 Å². The highest BCUT2D eigenvalue weighted by Gasteiger charge is 2.24. The summed E-state index contributed by atoms with van der Waals surface area (Å²) in [4.78, 5) is 26.4. The van der Waals surface area contributed by atoms with Crippen molar-refractivity contribution in [1.29, 1.82) is 5.26 Å². The molecule has 0 unspecified atom stereocenters. The summed E-state index contributed by atoms with van der Waals surface area (Å²) in [5.41, 5.74) is 0.767. The van der Waals surface area contributed by atoms with Gasteiger partial charge in [-0.2, -0.15) is 10.4 Å². The highest BCUT2D eigenvalue weighted by Crippen LogP contribution is 2.16. The lowest BCUT2D eigenvalue weighted by molar-refractivity contribution is -0.135. The zero-order chi connectivity index (χ0) is 15.6. The lowest BCUT2D eigenvalue weighted by atomic mass is 10.0. The van der Waals surface area contributed by atoms with E-state index < -0.39 is 5.56 Å². The Kier molecular flexibility index (Phi) is 4.41. The molecule has 1 aliphatic heterocycles. The number of hydrogen-bond acceptors (Lipinski definition) is 4. The minimum atomic E-state index is -0.487. The molecule has 6 nitrogen and oxygen atoms in total. The standard InChI is InChI=1S/C15H20N4O2/c1-10-6-4-5-7-18(10)14(20)9-19-15(21)13(8-16)11(2)12(3)17-19/h10H,4-7,9H2,1-3H3/t10-/m1/s1. The molecule has 6 heteroatoms. The first kappa shape index (κ1) is 15.2. The van der Waals surface area contributed by atoms with E-state index in [-0.39, 0.29) is 24.1 Å². The molecule has 0 spiro atoms. The van der Waals surface area contributed by atoms with Crippen LogP contribution >= 0.6 is 0 Å². The Labute approximate surface area is 124 Å². The Balaban J connectivity index is 2.28. The predicted molar refractivity (Wildman–Crippen MR) is 77.7 cm³/mol. The second kappa shape index (κ2) is 6.08. The molecule has 1 saturated heterocycles. The zero-order valence-electron chi connectivity index (χ0n) is 12.7. The first-order valence-electron chi connectivity index (χ1n) is 7.23. The van der Waals surface area contributed by atoms with Crippen molar-refractivity contribution in [2.24, 2.45) is 0 Å². The van der Waals surface area contributed by atoms with Gasteiger partial charge in [0.2, 0.25) is 5.91 Å². The highest BCUT2D eigenvalue weighted by molar-refractivity contribution is 5.76. The van der Waals surface area contributed by atoms with Crippen LogP contribution in [0.25, 0.3) is 0 Å². The minimum absolute atomic E-state index is 0.0713. The summed E-state index contributed by atoms with van der Waals surface area (Å²) in [6, 6.07) is 2.11. The van der Waals surface area contributed by atoms with E-state index in [1.54, 1.807) is 18.7 Å². The van der Waals surface area contributed by atoms with Crippen LogP contribution in [0, 0.1) is 25.2 Å². The Morgan fingerprint density at radius 3 is 2.76 bits per heavy atom. The summed E-state index contributed by atoms with van der Waals surface area (Å²) in [5.74, 6) is -0.107. The summed E-state index contributed by atoms with van der Waals surface area (Å²) >= 11 is 0. The van der Waals surface area contributed by atoms with Gasteiger partial charge in [0.25, 0.3) is 5.56 Å². The van der Waals surface area contributed by atoms with Gasteiger partial charge in [-0.1, -0.05) is 0 Å². The number of carbonyl (C=O) groups excluding carboxylic acids is 1. The molecule has 112 valence electrons. The van der Waals surface area contributed by atoms with Crippen molar-refractivity contribution < 1.29 is 4.79 Å². The number of carbonyl (C=O) groups is 1. The first-order chi connectivity index (χ1) is 9.95. The zero-order valence-corrected chi connectivity index (χ0v) is 12.7. The molecule has 1 aromatic heterocycles. The van der Waals surface area contributed by atoms with Crippen LogP contribution in [0.3, 0.4) is 0 Å². The minimum Gasteiger partial charge on any atom is -0.338 e. The Bertz CT molecular complexity index is 657. The van der Waals surface area contributed by atoms with Crippen LogP contribution in [0.1, 0.15) is 43.0 Å². The molecule has 0 saturated carbocycles. The van der Waals surface area contributed by atoms with E-state index in [1.165, 1.54) is 0 Å². The topological polar surface area (TPSA) is 79.0 Å². The molecule has 2 rings (SSSR count). The van der Waals surface area contributed by atoms with Gasteiger partial charge < -0.3 is 4.90 Å². The van der Waals surface area contributed by atoms with Crippen molar-refractivity contribution in [2.45, 2.75) is 52.6 Å². The van der Waals surface area contributed by atoms with E-state index in [4.69, 9.17) is 5.26 Å². The SMILES string of the molecule is Cc1nn(CC(=O)N2CCCC[C@H]2C)c(=O)c(C#N)c1C. The average molecular weight is 288 g/mol. The third-order valence-corrected chi connectivity index (χ3v) is 4.16. The molecule has 1 fully saturated rings. The fourth-order valence-electron chi connectivity index (χ4n) is 2.70. The normalized spacial score (nSPS) is 18.4. The van der Waals surface area contributed by atoms with Gasteiger partial charge in [0.05, 0.1) is 5.69 Å². The Morgan fingerprint density at radius 1 is 1.43 bits per heavy atom. The molecule has 0 aliphatic carbocycles. The van der Waals surface area contributed by atoms with Gasteiger partial charge in [0.1, 0.15) is 18.2 Å². The van der Waals surface area contributed by atoms with Crippen LogP contribution in [0.4, 0.5) is 0 Å². The van der Waals surface area contributed by atoms with Crippen LogP contribution in [-0.2, 0) is 11.3 Å². The molecule has 1 atom stereocenters. The van der Waals surface area contributed by atoms with Crippen molar-refractivity contribution >= 4 is 5.91 Å². The van der Waals surface area contributed by atoms with Crippen LogP contribution in [-0.4, -0.2) is 33.2 Å². The van der Waals surface area contributed by atoms with E-state index in [9.17, 15) is 9.59 Å². The van der Waals surface area contributed by atoms with E-state index >= 15 is 0 Å². The van der Waals surface area contributed by atoms with Crippen molar-refractivity contribution in [3.05, 3.63) is 27.2 Å². The van der Waals surface area contributed by atoms with Crippen LogP contribution in [0.2, 0.25) is 0 Å². The van der Waals surface area contributed by atoms with Gasteiger partial charge in [-0.05, 0) is 45.6 Å². The van der Waals surface area contributed by atoms with Gasteiger partial charge in [-0.15, -0.1) is 0 Å². The number of likely N-dealkylation sites (tertiary alicyclic amines) is 1. The molecule has 0 aromatic carbocycles. The second-order valence-electron chi connectivity index (χ2n) is 5.59. The third-order valence-electron chi connectivity index (χ3n) is 4.16. The number of rotatable bonds is 2. The third kappa shape index (κ3) is 2.97. The summed E-state index contributed by atoms with van der Waals surface area (Å²) < 4.78 is 1.12. The van der Waals surface area contributed by atoms with Gasteiger partial charge in [0.15, 0.2) is 0 Å². The quantitative estimate of drug-likeness (QED) is 0.817. The fourth-order valence-corrected chi connectivity index (χ4v) is 2.70. The molecule has 1 aromatic rings. The number of amides is 1. The second-order valence-corrected chi connectivity index (χ2v) is 5.59. The first-order valence-corrected chi connectivity index (χ1v) is 7.23. The molecule has 1 aliphatic rings. The van der Waals surface area contributed by atoms with E-state index in [2.05, 4.69) is 5.10 Å². The predicted octanol–water partition coefficient (Wildman–Crippen LogP) is 1.13. The van der Waals surface area contributed by atoms with Gasteiger partial charge in [-0.3, -0.25) is 9.59 Å². The molecular weight excluding hydrogens is 268 g/mol. The number of piperidine rings is 1. The number of nitrogens with zero attached hydrogens (tertiary/aromatic N) is 4. The monoisotopic (exact) mass is 288 g/mol. The summed E-state index contributed by atoms with van der Waals surface area (Å²) in [5, 5.41) is 13.2. The molecule has 0 N–H and O–H groups in total. The fraction of sp³-hybridized carbons (Fsp3) is 0.600. The molecule has 2 heterocycles. The van der Waals surface area contributed by atoms with Crippen LogP contribution < -0.4 is 5.56 Å². The molecule has 21 heavy (non-hydrogen) atoms.